The van der Waals surface area contributed by atoms with E-state index < -0.39 is 15.8 Å². The number of non-ortho nitro benzene ring substituents is 1. The van der Waals surface area contributed by atoms with Gasteiger partial charge >= 0.3 is 0 Å². The van der Waals surface area contributed by atoms with E-state index in [1.807, 2.05) is 0 Å². The van der Waals surface area contributed by atoms with E-state index in [0.29, 0.717) is 10.6 Å². The Morgan fingerprint density at radius 1 is 0.958 bits per heavy atom. The largest absolute Gasteiger partial charge is 0.303 e. The molecule has 0 bridgehead atoms. The molecule has 122 valence electrons. The Hall–Kier alpha value is -2.80. The number of hydrogen-bond acceptors (Lipinski definition) is 5. The number of benzene rings is 2. The average molecular weight is 347 g/mol. The highest BCUT2D eigenvalue weighted by atomic mass is 35.5. The van der Waals surface area contributed by atoms with Crippen LogP contribution in [-0.2, 0) is 4.79 Å². The molecule has 3 atom stereocenters. The minimum Gasteiger partial charge on any atom is -0.303 e. The van der Waals surface area contributed by atoms with Crippen LogP contribution in [0.5, 0.6) is 0 Å². The molecule has 7 nitrogen and oxygen atoms in total. The van der Waals surface area contributed by atoms with Crippen LogP contribution in [0.4, 0.5) is 11.4 Å². The predicted octanol–water partition coefficient (Wildman–Crippen LogP) is 3.85. The molecule has 0 unspecified atom stereocenters. The van der Waals surface area contributed by atoms with E-state index in [-0.39, 0.29) is 23.2 Å². The minimum atomic E-state index is -0.683. The van der Waals surface area contributed by atoms with Crippen molar-refractivity contribution in [1.82, 2.24) is 0 Å². The van der Waals surface area contributed by atoms with E-state index in [0.717, 1.165) is 17.9 Å². The van der Waals surface area contributed by atoms with Gasteiger partial charge in [0.15, 0.2) is 0 Å². The summed E-state index contributed by atoms with van der Waals surface area (Å²) in [5.41, 5.74) is 0.506. The number of nitro groups is 2. The summed E-state index contributed by atoms with van der Waals surface area (Å²) in [6.07, 6.45) is 0.773. The lowest BCUT2D eigenvalue weighted by Gasteiger charge is -2.03. The van der Waals surface area contributed by atoms with Crippen LogP contribution in [0.2, 0.25) is 5.02 Å². The first-order valence-corrected chi connectivity index (χ1v) is 7.45. The Balaban J connectivity index is 2.02. The smallest absolute Gasteiger partial charge is 0.279 e. The maximum atomic E-state index is 11.4. The molecule has 0 N–H and O–H groups in total. The highest BCUT2D eigenvalue weighted by Gasteiger charge is 2.54. The number of aldehydes is 1. The molecule has 1 saturated carbocycles. The Kier molecular flexibility index (Phi) is 4.02. The number of carbonyl (C=O) groups is 1. The van der Waals surface area contributed by atoms with Gasteiger partial charge in [0.05, 0.1) is 15.9 Å². The molecule has 1 aliphatic carbocycles. The molecule has 1 fully saturated rings. The zero-order chi connectivity index (χ0) is 17.4. The van der Waals surface area contributed by atoms with E-state index in [1.54, 1.807) is 24.3 Å². The lowest BCUT2D eigenvalue weighted by atomic mass is 10.0. The van der Waals surface area contributed by atoms with Crippen LogP contribution in [0, 0.1) is 26.1 Å². The SMILES string of the molecule is O=C[C@@H]1[C@@H](c2ccc(Cl)cc2)[C@@H]1c1ccc([N+](=O)[O-])cc1[N+](=O)[O-]. The van der Waals surface area contributed by atoms with Gasteiger partial charge in [0.2, 0.25) is 0 Å². The molecule has 0 aromatic heterocycles. The number of nitrogens with zero attached hydrogens (tertiary/aromatic N) is 2. The van der Waals surface area contributed by atoms with Crippen LogP contribution >= 0.6 is 11.6 Å². The number of halogens is 1. The van der Waals surface area contributed by atoms with Crippen molar-refractivity contribution in [1.29, 1.82) is 0 Å². The molecular weight excluding hydrogens is 336 g/mol. The van der Waals surface area contributed by atoms with Gasteiger partial charge in [-0.05, 0) is 23.8 Å². The van der Waals surface area contributed by atoms with Gasteiger partial charge in [0, 0.05) is 34.4 Å². The Morgan fingerprint density at radius 2 is 1.62 bits per heavy atom. The summed E-state index contributed by atoms with van der Waals surface area (Å²) in [4.78, 5) is 32.1. The van der Waals surface area contributed by atoms with Crippen LogP contribution in [0.3, 0.4) is 0 Å². The molecule has 2 aromatic carbocycles. The molecule has 3 rings (SSSR count). The van der Waals surface area contributed by atoms with Gasteiger partial charge in [-0.3, -0.25) is 20.2 Å². The summed E-state index contributed by atoms with van der Waals surface area (Å²) in [6, 6.07) is 10.5. The normalized spacial score (nSPS) is 22.0. The molecule has 1 aliphatic rings. The lowest BCUT2D eigenvalue weighted by Crippen LogP contribution is -1.98. The van der Waals surface area contributed by atoms with E-state index in [2.05, 4.69) is 0 Å². The summed E-state index contributed by atoms with van der Waals surface area (Å²) < 4.78 is 0. The number of rotatable bonds is 5. The molecule has 24 heavy (non-hydrogen) atoms. The molecule has 0 spiro atoms. The van der Waals surface area contributed by atoms with Crippen molar-refractivity contribution >= 4 is 29.3 Å². The topological polar surface area (TPSA) is 103 Å². The van der Waals surface area contributed by atoms with Crippen LogP contribution in [-0.4, -0.2) is 16.1 Å². The quantitative estimate of drug-likeness (QED) is 0.464. The highest BCUT2D eigenvalue weighted by Crippen LogP contribution is 2.61. The minimum absolute atomic E-state index is 0.195. The van der Waals surface area contributed by atoms with Crippen LogP contribution in [0.25, 0.3) is 0 Å². The summed E-state index contributed by atoms with van der Waals surface area (Å²) in [6.45, 7) is 0. The van der Waals surface area contributed by atoms with Gasteiger partial charge < -0.3 is 4.79 Å². The first kappa shape index (κ1) is 16.1. The summed E-state index contributed by atoms with van der Waals surface area (Å²) in [5, 5.41) is 22.7. The third-order valence-electron chi connectivity index (χ3n) is 4.27. The number of carbonyl (C=O) groups excluding carboxylic acids is 1. The van der Waals surface area contributed by atoms with Gasteiger partial charge in [-0.15, -0.1) is 0 Å². The molecule has 2 aromatic rings. The molecule has 0 heterocycles. The summed E-state index contributed by atoms with van der Waals surface area (Å²) in [5.74, 6) is -0.962. The van der Waals surface area contributed by atoms with Crippen molar-refractivity contribution < 1.29 is 14.6 Å². The average Bonchev–Trinajstić information content (AvgIpc) is 3.29. The number of nitro benzene ring substituents is 2. The van der Waals surface area contributed by atoms with E-state index in [1.165, 1.54) is 12.1 Å². The Bertz CT molecular complexity index is 837. The van der Waals surface area contributed by atoms with Gasteiger partial charge in [0.25, 0.3) is 11.4 Å². The summed E-state index contributed by atoms with van der Waals surface area (Å²) >= 11 is 5.85. The summed E-state index contributed by atoms with van der Waals surface area (Å²) in [7, 11) is 0. The van der Waals surface area contributed by atoms with Gasteiger partial charge in [0.1, 0.15) is 6.29 Å². The highest BCUT2D eigenvalue weighted by molar-refractivity contribution is 6.30. The second-order valence-corrected chi connectivity index (χ2v) is 6.01. The van der Waals surface area contributed by atoms with Crippen molar-refractivity contribution in [3.63, 3.8) is 0 Å². The molecule has 0 amide bonds. The second-order valence-electron chi connectivity index (χ2n) is 5.57. The molecular formula is C16H11ClN2O5. The van der Waals surface area contributed by atoms with Crippen molar-refractivity contribution in [2.75, 3.05) is 0 Å². The lowest BCUT2D eigenvalue weighted by molar-refractivity contribution is -0.394. The Labute approximate surface area is 141 Å². The van der Waals surface area contributed by atoms with Crippen LogP contribution < -0.4 is 0 Å². The van der Waals surface area contributed by atoms with Gasteiger partial charge in [-0.25, -0.2) is 0 Å². The monoisotopic (exact) mass is 346 g/mol. The maximum Gasteiger partial charge on any atom is 0.279 e. The fourth-order valence-electron chi connectivity index (χ4n) is 3.10. The van der Waals surface area contributed by atoms with Gasteiger partial charge in [-0.1, -0.05) is 23.7 Å². The Morgan fingerprint density at radius 3 is 2.17 bits per heavy atom. The predicted molar refractivity (Wildman–Crippen MR) is 86.2 cm³/mol. The van der Waals surface area contributed by atoms with Crippen LogP contribution in [0.1, 0.15) is 23.0 Å². The van der Waals surface area contributed by atoms with Crippen molar-refractivity contribution in [3.05, 3.63) is 78.8 Å². The maximum absolute atomic E-state index is 11.4. The first-order valence-electron chi connectivity index (χ1n) is 7.07. The van der Waals surface area contributed by atoms with Crippen molar-refractivity contribution in [2.45, 2.75) is 11.8 Å². The number of hydrogen-bond donors (Lipinski definition) is 0. The van der Waals surface area contributed by atoms with E-state index in [9.17, 15) is 25.0 Å². The second kappa shape index (κ2) is 6.01. The van der Waals surface area contributed by atoms with E-state index in [4.69, 9.17) is 11.6 Å². The third kappa shape index (κ3) is 2.74. The van der Waals surface area contributed by atoms with Crippen molar-refractivity contribution in [2.24, 2.45) is 5.92 Å². The molecule has 0 aliphatic heterocycles. The molecule has 8 heteroatoms. The van der Waals surface area contributed by atoms with Gasteiger partial charge in [-0.2, -0.15) is 0 Å². The molecule has 0 radical (unpaired) electrons. The third-order valence-corrected chi connectivity index (χ3v) is 4.52. The first-order chi connectivity index (χ1) is 11.4. The fourth-order valence-corrected chi connectivity index (χ4v) is 3.23. The standard InChI is InChI=1S/C16H11ClN2O5/c17-10-3-1-9(2-4-10)15-13(8-20)16(15)12-6-5-11(18(21)22)7-14(12)19(23)24/h1-8,13,15-16H/t13-,15-,16-/m1/s1. The fraction of sp³-hybridized carbons (Fsp3) is 0.188. The zero-order valence-electron chi connectivity index (χ0n) is 12.2. The molecule has 0 saturated heterocycles. The van der Waals surface area contributed by atoms with E-state index >= 15 is 0 Å². The van der Waals surface area contributed by atoms with Crippen LogP contribution in [0.15, 0.2) is 42.5 Å². The van der Waals surface area contributed by atoms with Crippen molar-refractivity contribution in [3.8, 4) is 0 Å². The zero-order valence-corrected chi connectivity index (χ0v) is 12.9.